The Morgan fingerprint density at radius 2 is 2.00 bits per heavy atom. The van der Waals surface area contributed by atoms with Crippen molar-refractivity contribution < 1.29 is 4.79 Å². The molecule has 4 heteroatoms. The van der Waals surface area contributed by atoms with Crippen LogP contribution in [0.5, 0.6) is 0 Å². The fourth-order valence-corrected chi connectivity index (χ4v) is 3.16. The minimum atomic E-state index is 0.193. The zero-order valence-electron chi connectivity index (χ0n) is 14.2. The van der Waals surface area contributed by atoms with Crippen molar-refractivity contribution in [2.24, 2.45) is 17.6 Å². The van der Waals surface area contributed by atoms with Crippen LogP contribution < -0.4 is 11.1 Å². The van der Waals surface area contributed by atoms with Crippen LogP contribution in [0.25, 0.3) is 0 Å². The summed E-state index contributed by atoms with van der Waals surface area (Å²) in [5.74, 6) is 1.13. The van der Waals surface area contributed by atoms with E-state index >= 15 is 0 Å². The molecule has 0 spiro atoms. The first-order chi connectivity index (χ1) is 10.0. The summed E-state index contributed by atoms with van der Waals surface area (Å²) < 4.78 is 0. The lowest BCUT2D eigenvalue weighted by atomic mass is 9.93. The van der Waals surface area contributed by atoms with Gasteiger partial charge in [0, 0.05) is 25.6 Å². The number of hydrogen-bond donors (Lipinski definition) is 2. The minimum absolute atomic E-state index is 0.193. The van der Waals surface area contributed by atoms with Crippen LogP contribution in [0, 0.1) is 11.8 Å². The summed E-state index contributed by atoms with van der Waals surface area (Å²) in [4.78, 5) is 14.7. The molecule has 1 saturated heterocycles. The quantitative estimate of drug-likeness (QED) is 0.687. The largest absolute Gasteiger partial charge is 0.353 e. The van der Waals surface area contributed by atoms with Crippen LogP contribution in [0.4, 0.5) is 0 Å². The van der Waals surface area contributed by atoms with Gasteiger partial charge >= 0.3 is 0 Å². The summed E-state index contributed by atoms with van der Waals surface area (Å²) in [7, 11) is 0. The van der Waals surface area contributed by atoms with Crippen molar-refractivity contribution in [3.63, 3.8) is 0 Å². The molecule has 124 valence electrons. The highest BCUT2D eigenvalue weighted by Crippen LogP contribution is 2.15. The highest BCUT2D eigenvalue weighted by Gasteiger charge is 2.21. The van der Waals surface area contributed by atoms with Crippen molar-refractivity contribution in [2.45, 2.75) is 65.3 Å². The number of amides is 1. The number of nitrogens with two attached hydrogens (primary N) is 1. The summed E-state index contributed by atoms with van der Waals surface area (Å²) in [6.07, 6.45) is 6.35. The predicted octanol–water partition coefficient (Wildman–Crippen LogP) is 2.38. The van der Waals surface area contributed by atoms with Gasteiger partial charge in [-0.05, 0) is 50.6 Å². The molecule has 0 aromatic carbocycles. The average Bonchev–Trinajstić information content (AvgIpc) is 2.45. The van der Waals surface area contributed by atoms with Gasteiger partial charge < -0.3 is 16.0 Å². The van der Waals surface area contributed by atoms with Crippen LogP contribution in [0.15, 0.2) is 0 Å². The molecule has 4 nitrogen and oxygen atoms in total. The Morgan fingerprint density at radius 1 is 1.33 bits per heavy atom. The maximum Gasteiger partial charge on any atom is 0.220 e. The second-order valence-corrected chi connectivity index (χ2v) is 6.97. The third kappa shape index (κ3) is 7.82. The van der Waals surface area contributed by atoms with Gasteiger partial charge in [0.25, 0.3) is 0 Å². The molecule has 1 heterocycles. The SMILES string of the molecule is CCCCN1CCC(NC(=O)C[C@@H](CN)CC(C)C)CC1. The van der Waals surface area contributed by atoms with Crippen molar-refractivity contribution in [2.75, 3.05) is 26.2 Å². The normalized spacial score (nSPS) is 18.9. The Bertz CT molecular complexity index is 286. The van der Waals surface area contributed by atoms with Crippen molar-refractivity contribution in [3.05, 3.63) is 0 Å². The van der Waals surface area contributed by atoms with E-state index in [0.29, 0.717) is 30.8 Å². The Morgan fingerprint density at radius 3 is 2.52 bits per heavy atom. The number of carbonyl (C=O) groups is 1. The van der Waals surface area contributed by atoms with Gasteiger partial charge in [0.15, 0.2) is 0 Å². The molecule has 1 aliphatic rings. The Labute approximate surface area is 130 Å². The molecule has 1 aliphatic heterocycles. The molecule has 0 aliphatic carbocycles. The lowest BCUT2D eigenvalue weighted by Crippen LogP contribution is -2.45. The second-order valence-electron chi connectivity index (χ2n) is 6.97. The number of hydrogen-bond acceptors (Lipinski definition) is 3. The van der Waals surface area contributed by atoms with Crippen molar-refractivity contribution in [1.29, 1.82) is 0 Å². The Balaban J connectivity index is 2.23. The number of piperidine rings is 1. The average molecular weight is 297 g/mol. The Kier molecular flexibility index (Phi) is 8.93. The number of unbranched alkanes of at least 4 members (excludes halogenated alkanes) is 1. The van der Waals surface area contributed by atoms with Crippen LogP contribution in [-0.4, -0.2) is 43.0 Å². The van der Waals surface area contributed by atoms with Crippen LogP contribution >= 0.6 is 0 Å². The number of likely N-dealkylation sites (tertiary alicyclic amines) is 1. The molecule has 0 unspecified atom stereocenters. The van der Waals surface area contributed by atoms with Crippen LogP contribution in [-0.2, 0) is 4.79 Å². The van der Waals surface area contributed by atoms with Gasteiger partial charge in [-0.1, -0.05) is 27.2 Å². The zero-order chi connectivity index (χ0) is 15.7. The maximum absolute atomic E-state index is 12.1. The molecule has 0 aromatic rings. The predicted molar refractivity (Wildman–Crippen MR) is 89.1 cm³/mol. The minimum Gasteiger partial charge on any atom is -0.353 e. The fourth-order valence-electron chi connectivity index (χ4n) is 3.16. The number of rotatable bonds is 9. The molecule has 3 N–H and O–H groups in total. The summed E-state index contributed by atoms with van der Waals surface area (Å²) >= 11 is 0. The second kappa shape index (κ2) is 10.2. The van der Waals surface area contributed by atoms with E-state index in [9.17, 15) is 4.79 Å². The van der Waals surface area contributed by atoms with Gasteiger partial charge in [0.05, 0.1) is 0 Å². The monoisotopic (exact) mass is 297 g/mol. The van der Waals surface area contributed by atoms with E-state index < -0.39 is 0 Å². The fraction of sp³-hybridized carbons (Fsp3) is 0.941. The lowest BCUT2D eigenvalue weighted by Gasteiger charge is -2.32. The highest BCUT2D eigenvalue weighted by molar-refractivity contribution is 5.76. The summed E-state index contributed by atoms with van der Waals surface area (Å²) in [5.41, 5.74) is 5.78. The van der Waals surface area contributed by atoms with Gasteiger partial charge in [-0.2, -0.15) is 0 Å². The number of nitrogens with zero attached hydrogens (tertiary/aromatic N) is 1. The van der Waals surface area contributed by atoms with E-state index in [4.69, 9.17) is 5.73 Å². The number of nitrogens with one attached hydrogen (secondary N) is 1. The lowest BCUT2D eigenvalue weighted by molar-refractivity contribution is -0.123. The first-order valence-electron chi connectivity index (χ1n) is 8.76. The van der Waals surface area contributed by atoms with Crippen molar-refractivity contribution >= 4 is 5.91 Å². The molecule has 0 bridgehead atoms. The van der Waals surface area contributed by atoms with E-state index in [1.807, 2.05) is 0 Å². The standard InChI is InChI=1S/C17H35N3O/c1-4-5-8-20-9-6-16(7-10-20)19-17(21)12-15(13-18)11-14(2)3/h14-16H,4-13,18H2,1-3H3,(H,19,21)/t15-/m0/s1. The molecule has 1 fully saturated rings. The van der Waals surface area contributed by atoms with E-state index in [1.54, 1.807) is 0 Å². The van der Waals surface area contributed by atoms with E-state index in [2.05, 4.69) is 31.0 Å². The van der Waals surface area contributed by atoms with E-state index in [0.717, 1.165) is 32.4 Å². The van der Waals surface area contributed by atoms with Gasteiger partial charge in [-0.25, -0.2) is 0 Å². The van der Waals surface area contributed by atoms with Crippen LogP contribution in [0.3, 0.4) is 0 Å². The molecule has 0 radical (unpaired) electrons. The van der Waals surface area contributed by atoms with Gasteiger partial charge in [0.1, 0.15) is 0 Å². The molecule has 0 aromatic heterocycles. The Hall–Kier alpha value is -0.610. The highest BCUT2D eigenvalue weighted by atomic mass is 16.1. The smallest absolute Gasteiger partial charge is 0.220 e. The maximum atomic E-state index is 12.1. The number of carbonyl (C=O) groups excluding carboxylic acids is 1. The zero-order valence-corrected chi connectivity index (χ0v) is 14.2. The molecule has 1 atom stereocenters. The van der Waals surface area contributed by atoms with Gasteiger partial charge in [-0.15, -0.1) is 0 Å². The molecular formula is C17H35N3O. The molecule has 1 rings (SSSR count). The van der Waals surface area contributed by atoms with E-state index in [-0.39, 0.29) is 5.91 Å². The molecule has 1 amide bonds. The first kappa shape index (κ1) is 18.4. The summed E-state index contributed by atoms with van der Waals surface area (Å²) in [5, 5.41) is 3.21. The third-order valence-electron chi connectivity index (χ3n) is 4.39. The van der Waals surface area contributed by atoms with Gasteiger partial charge in [-0.3, -0.25) is 4.79 Å². The van der Waals surface area contributed by atoms with Crippen molar-refractivity contribution in [1.82, 2.24) is 10.2 Å². The van der Waals surface area contributed by atoms with E-state index in [1.165, 1.54) is 19.4 Å². The van der Waals surface area contributed by atoms with Crippen molar-refractivity contribution in [3.8, 4) is 0 Å². The topological polar surface area (TPSA) is 58.4 Å². The molecule has 21 heavy (non-hydrogen) atoms. The third-order valence-corrected chi connectivity index (χ3v) is 4.39. The molecular weight excluding hydrogens is 262 g/mol. The molecule has 0 saturated carbocycles. The summed E-state index contributed by atoms with van der Waals surface area (Å²) in [6, 6.07) is 0.368. The first-order valence-corrected chi connectivity index (χ1v) is 8.76. The van der Waals surface area contributed by atoms with Gasteiger partial charge in [0.2, 0.25) is 5.91 Å². The van der Waals surface area contributed by atoms with Crippen LogP contribution in [0.2, 0.25) is 0 Å². The summed E-state index contributed by atoms with van der Waals surface area (Å²) in [6.45, 7) is 10.7. The van der Waals surface area contributed by atoms with Crippen LogP contribution in [0.1, 0.15) is 59.3 Å².